The number of hydrogen-bond acceptors (Lipinski definition) is 2. The topological polar surface area (TPSA) is 37.3 Å². The van der Waals surface area contributed by atoms with Crippen LogP contribution in [0.2, 0.25) is 0 Å². The van der Waals surface area contributed by atoms with Gasteiger partial charge in [-0.15, -0.1) is 11.8 Å². The predicted molar refractivity (Wildman–Crippen MR) is 66.8 cm³/mol. The van der Waals surface area contributed by atoms with Crippen molar-refractivity contribution in [1.29, 1.82) is 0 Å². The molecule has 0 radical (unpaired) electrons. The van der Waals surface area contributed by atoms with Gasteiger partial charge >= 0.3 is 5.97 Å². The average molecular weight is 236 g/mol. The SMILES string of the molecule is O=C(O)C1(CCc2ccccc2)CCCS1. The molecule has 1 aliphatic rings. The van der Waals surface area contributed by atoms with E-state index in [1.165, 1.54) is 5.56 Å². The summed E-state index contributed by atoms with van der Waals surface area (Å²) in [4.78, 5) is 11.3. The lowest BCUT2D eigenvalue weighted by Gasteiger charge is -2.22. The van der Waals surface area contributed by atoms with E-state index in [2.05, 4.69) is 12.1 Å². The molecule has 2 rings (SSSR count). The Bertz CT molecular complexity index is 355. The summed E-state index contributed by atoms with van der Waals surface area (Å²) < 4.78 is -0.518. The van der Waals surface area contributed by atoms with E-state index in [1.54, 1.807) is 11.8 Å². The van der Waals surface area contributed by atoms with Crippen LogP contribution in [0.3, 0.4) is 0 Å². The van der Waals surface area contributed by atoms with E-state index < -0.39 is 10.7 Å². The van der Waals surface area contributed by atoms with Gasteiger partial charge in [-0.05, 0) is 37.0 Å². The quantitative estimate of drug-likeness (QED) is 0.873. The molecule has 0 amide bonds. The van der Waals surface area contributed by atoms with Gasteiger partial charge in [0.1, 0.15) is 4.75 Å². The Morgan fingerprint density at radius 2 is 2.12 bits per heavy atom. The van der Waals surface area contributed by atoms with Gasteiger partial charge in [-0.1, -0.05) is 30.3 Å². The first-order chi connectivity index (χ1) is 7.73. The van der Waals surface area contributed by atoms with Crippen LogP contribution in [-0.2, 0) is 11.2 Å². The first-order valence-corrected chi connectivity index (χ1v) is 6.63. The number of aryl methyl sites for hydroxylation is 1. The molecule has 0 aliphatic carbocycles. The lowest BCUT2D eigenvalue weighted by Crippen LogP contribution is -2.32. The van der Waals surface area contributed by atoms with Gasteiger partial charge in [0.05, 0.1) is 0 Å². The van der Waals surface area contributed by atoms with Crippen LogP contribution in [0.5, 0.6) is 0 Å². The minimum absolute atomic E-state index is 0.518. The van der Waals surface area contributed by atoms with Gasteiger partial charge < -0.3 is 5.11 Å². The maximum absolute atomic E-state index is 11.3. The van der Waals surface area contributed by atoms with Crippen LogP contribution in [0, 0.1) is 0 Å². The largest absolute Gasteiger partial charge is 0.480 e. The van der Waals surface area contributed by atoms with E-state index in [0.29, 0.717) is 0 Å². The smallest absolute Gasteiger partial charge is 0.319 e. The summed E-state index contributed by atoms with van der Waals surface area (Å²) in [5.74, 6) is 0.354. The Balaban J connectivity index is 2.00. The third-order valence-corrected chi connectivity index (χ3v) is 4.78. The number of thioether (sulfide) groups is 1. The molecule has 1 saturated heterocycles. The van der Waals surface area contributed by atoms with Gasteiger partial charge in [0, 0.05) is 0 Å². The molecule has 0 saturated carbocycles. The van der Waals surface area contributed by atoms with Crippen molar-refractivity contribution in [3.05, 3.63) is 35.9 Å². The highest BCUT2D eigenvalue weighted by atomic mass is 32.2. The molecule has 1 fully saturated rings. The number of aliphatic carboxylic acids is 1. The molecule has 1 unspecified atom stereocenters. The molecule has 1 heterocycles. The number of hydrogen-bond donors (Lipinski definition) is 1. The summed E-state index contributed by atoms with van der Waals surface area (Å²) in [6.45, 7) is 0. The lowest BCUT2D eigenvalue weighted by molar-refractivity contribution is -0.140. The molecular weight excluding hydrogens is 220 g/mol. The Kier molecular flexibility index (Phi) is 3.54. The first kappa shape index (κ1) is 11.5. The molecule has 1 aromatic carbocycles. The number of benzene rings is 1. The van der Waals surface area contributed by atoms with Crippen LogP contribution in [0.1, 0.15) is 24.8 Å². The van der Waals surface area contributed by atoms with Gasteiger partial charge in [0.15, 0.2) is 0 Å². The van der Waals surface area contributed by atoms with E-state index in [1.807, 2.05) is 18.2 Å². The Labute approximate surface area is 100 Å². The van der Waals surface area contributed by atoms with Crippen molar-refractivity contribution >= 4 is 17.7 Å². The normalized spacial score (nSPS) is 24.5. The Hall–Kier alpha value is -0.960. The molecule has 1 aromatic rings. The fourth-order valence-corrected chi connectivity index (χ4v) is 3.50. The monoisotopic (exact) mass is 236 g/mol. The molecule has 1 atom stereocenters. The second-order valence-corrected chi connectivity index (χ2v) is 5.72. The maximum Gasteiger partial charge on any atom is 0.319 e. The maximum atomic E-state index is 11.3. The van der Waals surface area contributed by atoms with Crippen LogP contribution in [0.4, 0.5) is 0 Å². The number of carbonyl (C=O) groups is 1. The third kappa shape index (κ3) is 2.40. The highest BCUT2D eigenvalue weighted by Crippen LogP contribution is 2.41. The summed E-state index contributed by atoms with van der Waals surface area (Å²) in [5.41, 5.74) is 1.23. The van der Waals surface area contributed by atoms with Crippen LogP contribution < -0.4 is 0 Å². The Morgan fingerprint density at radius 1 is 1.38 bits per heavy atom. The van der Waals surface area contributed by atoms with Gasteiger partial charge in [0.2, 0.25) is 0 Å². The number of carboxylic acids is 1. The molecule has 2 nitrogen and oxygen atoms in total. The predicted octanol–water partition coefficient (Wildman–Crippen LogP) is 2.97. The van der Waals surface area contributed by atoms with Gasteiger partial charge in [0.25, 0.3) is 0 Å². The van der Waals surface area contributed by atoms with Crippen molar-refractivity contribution in [2.45, 2.75) is 30.4 Å². The van der Waals surface area contributed by atoms with E-state index in [0.717, 1.165) is 31.4 Å². The second kappa shape index (κ2) is 4.91. The fourth-order valence-electron chi connectivity index (χ4n) is 2.16. The van der Waals surface area contributed by atoms with E-state index in [9.17, 15) is 9.90 Å². The molecule has 0 spiro atoms. The van der Waals surface area contributed by atoms with Crippen molar-refractivity contribution in [3.8, 4) is 0 Å². The molecule has 0 bridgehead atoms. The van der Waals surface area contributed by atoms with Crippen LogP contribution >= 0.6 is 11.8 Å². The second-order valence-electron chi connectivity index (χ2n) is 4.24. The summed E-state index contributed by atoms with van der Waals surface area (Å²) in [6.07, 6.45) is 3.46. The molecule has 3 heteroatoms. The summed E-state index contributed by atoms with van der Waals surface area (Å²) in [5, 5.41) is 9.32. The van der Waals surface area contributed by atoms with Crippen molar-refractivity contribution in [3.63, 3.8) is 0 Å². The highest BCUT2D eigenvalue weighted by Gasteiger charge is 2.41. The fraction of sp³-hybridized carbons (Fsp3) is 0.462. The molecule has 16 heavy (non-hydrogen) atoms. The number of carboxylic acid groups (broad SMARTS) is 1. The van der Waals surface area contributed by atoms with Crippen molar-refractivity contribution in [2.75, 3.05) is 5.75 Å². The highest BCUT2D eigenvalue weighted by molar-refractivity contribution is 8.01. The molecular formula is C13H16O2S. The summed E-state index contributed by atoms with van der Waals surface area (Å²) in [7, 11) is 0. The number of rotatable bonds is 4. The minimum atomic E-state index is -0.633. The van der Waals surface area contributed by atoms with Crippen molar-refractivity contribution < 1.29 is 9.90 Å². The van der Waals surface area contributed by atoms with E-state index in [4.69, 9.17) is 0 Å². The average Bonchev–Trinajstić information content (AvgIpc) is 2.78. The van der Waals surface area contributed by atoms with E-state index in [-0.39, 0.29) is 0 Å². The van der Waals surface area contributed by atoms with Gasteiger partial charge in [-0.3, -0.25) is 4.79 Å². The molecule has 1 aliphatic heterocycles. The standard InChI is InChI=1S/C13H16O2S/c14-12(15)13(8-4-10-16-13)9-7-11-5-2-1-3-6-11/h1-3,5-6H,4,7-10H2,(H,14,15). The van der Waals surface area contributed by atoms with Crippen LogP contribution in [-0.4, -0.2) is 21.6 Å². The third-order valence-electron chi connectivity index (χ3n) is 3.15. The Morgan fingerprint density at radius 3 is 2.69 bits per heavy atom. The van der Waals surface area contributed by atoms with Crippen LogP contribution in [0.25, 0.3) is 0 Å². The summed E-state index contributed by atoms with van der Waals surface area (Å²) >= 11 is 1.62. The zero-order chi connectivity index (χ0) is 11.4. The van der Waals surface area contributed by atoms with Gasteiger partial charge in [-0.25, -0.2) is 0 Å². The van der Waals surface area contributed by atoms with Crippen molar-refractivity contribution in [2.24, 2.45) is 0 Å². The molecule has 0 aromatic heterocycles. The van der Waals surface area contributed by atoms with Crippen molar-refractivity contribution in [1.82, 2.24) is 0 Å². The zero-order valence-electron chi connectivity index (χ0n) is 9.19. The summed E-state index contributed by atoms with van der Waals surface area (Å²) in [6, 6.07) is 10.1. The minimum Gasteiger partial charge on any atom is -0.480 e. The molecule has 1 N–H and O–H groups in total. The van der Waals surface area contributed by atoms with Crippen LogP contribution in [0.15, 0.2) is 30.3 Å². The van der Waals surface area contributed by atoms with E-state index >= 15 is 0 Å². The first-order valence-electron chi connectivity index (χ1n) is 5.64. The molecule has 86 valence electrons. The van der Waals surface area contributed by atoms with Gasteiger partial charge in [-0.2, -0.15) is 0 Å². The zero-order valence-corrected chi connectivity index (χ0v) is 10.0. The lowest BCUT2D eigenvalue weighted by atomic mass is 9.95.